The molecule has 0 unspecified atom stereocenters. The van der Waals surface area contributed by atoms with E-state index >= 15 is 0 Å². The van der Waals surface area contributed by atoms with Gasteiger partial charge in [-0.3, -0.25) is 14.2 Å². The van der Waals surface area contributed by atoms with Crippen molar-refractivity contribution < 1.29 is 24.6 Å². The second kappa shape index (κ2) is 11.0. The number of pyridine rings is 1. The lowest BCUT2D eigenvalue weighted by Crippen LogP contribution is -2.45. The number of benzene rings is 3. The molecule has 1 amide bonds. The first kappa shape index (κ1) is 27.8. The van der Waals surface area contributed by atoms with Crippen molar-refractivity contribution in [3.63, 3.8) is 0 Å². The van der Waals surface area contributed by atoms with E-state index in [0.29, 0.717) is 11.3 Å². The maximum Gasteiger partial charge on any atom is 0.335 e. The molecule has 4 aromatic rings. The fraction of sp³-hybridized carbons (Fsp3) is 0.0938. The van der Waals surface area contributed by atoms with Gasteiger partial charge in [0.25, 0.3) is 11.5 Å². The van der Waals surface area contributed by atoms with Gasteiger partial charge in [0.1, 0.15) is 0 Å². The Morgan fingerprint density at radius 1 is 0.857 bits per heavy atom. The smallest absolute Gasteiger partial charge is 0.335 e. The SMILES string of the molecule is Cc1c2c(n(-c3cccc(C(=O)O)c3)c(=O)/c1=C\C=C/c1ccc(N(C)C)cc1)=NN(c1ccc(C(=O)O)cc1)C2=O. The summed E-state index contributed by atoms with van der Waals surface area (Å²) in [6.07, 6.45) is 5.17. The van der Waals surface area contributed by atoms with Gasteiger partial charge in [0.05, 0.1) is 28.1 Å². The third kappa shape index (κ3) is 5.08. The Morgan fingerprint density at radius 2 is 1.52 bits per heavy atom. The molecule has 0 atom stereocenters. The molecule has 5 rings (SSSR count). The van der Waals surface area contributed by atoms with E-state index in [4.69, 9.17) is 0 Å². The molecule has 3 aromatic carbocycles. The van der Waals surface area contributed by atoms with Gasteiger partial charge in [0.2, 0.25) is 0 Å². The minimum Gasteiger partial charge on any atom is -0.478 e. The molecule has 0 aliphatic carbocycles. The van der Waals surface area contributed by atoms with Crippen molar-refractivity contribution in [1.29, 1.82) is 0 Å². The molecule has 210 valence electrons. The number of anilines is 2. The van der Waals surface area contributed by atoms with Gasteiger partial charge >= 0.3 is 11.9 Å². The highest BCUT2D eigenvalue weighted by atomic mass is 16.4. The van der Waals surface area contributed by atoms with Crippen molar-refractivity contribution >= 4 is 41.4 Å². The number of amides is 1. The van der Waals surface area contributed by atoms with Crippen LogP contribution >= 0.6 is 0 Å². The number of carbonyl (C=O) groups is 3. The van der Waals surface area contributed by atoms with Gasteiger partial charge in [0.15, 0.2) is 5.49 Å². The molecule has 0 bridgehead atoms. The van der Waals surface area contributed by atoms with E-state index in [2.05, 4.69) is 5.10 Å². The normalized spacial score (nSPS) is 12.9. The first-order valence-corrected chi connectivity index (χ1v) is 12.9. The van der Waals surface area contributed by atoms with Crippen molar-refractivity contribution in [3.05, 3.63) is 128 Å². The topological polar surface area (TPSA) is 133 Å². The summed E-state index contributed by atoms with van der Waals surface area (Å²) in [7, 11) is 3.90. The van der Waals surface area contributed by atoms with Gasteiger partial charge in [-0.25, -0.2) is 9.59 Å². The zero-order valence-corrected chi connectivity index (χ0v) is 23.0. The van der Waals surface area contributed by atoms with E-state index in [-0.39, 0.29) is 33.1 Å². The molecule has 42 heavy (non-hydrogen) atoms. The summed E-state index contributed by atoms with van der Waals surface area (Å²) in [6.45, 7) is 1.66. The number of aromatic nitrogens is 1. The number of allylic oxidation sites excluding steroid dienone is 1. The van der Waals surface area contributed by atoms with Crippen molar-refractivity contribution in [2.45, 2.75) is 6.92 Å². The van der Waals surface area contributed by atoms with Crippen LogP contribution in [0.15, 0.2) is 88.8 Å². The number of hydrogen-bond donors (Lipinski definition) is 2. The summed E-state index contributed by atoms with van der Waals surface area (Å²) in [5.41, 5.74) is 2.65. The first-order valence-electron chi connectivity index (χ1n) is 12.9. The maximum absolute atomic E-state index is 14.0. The molecule has 10 nitrogen and oxygen atoms in total. The quantitative estimate of drug-likeness (QED) is 0.353. The summed E-state index contributed by atoms with van der Waals surface area (Å²) in [4.78, 5) is 52.6. The van der Waals surface area contributed by atoms with Gasteiger partial charge in [-0.15, -0.1) is 5.10 Å². The summed E-state index contributed by atoms with van der Waals surface area (Å²) in [5.74, 6) is -2.79. The molecule has 0 saturated heterocycles. The average Bonchev–Trinajstić information content (AvgIpc) is 3.31. The molecule has 2 heterocycles. The molecule has 0 saturated carbocycles. The van der Waals surface area contributed by atoms with E-state index in [9.17, 15) is 29.4 Å². The van der Waals surface area contributed by atoms with Gasteiger partial charge in [-0.2, -0.15) is 5.01 Å². The van der Waals surface area contributed by atoms with Gasteiger partial charge in [-0.05, 0) is 78.7 Å². The Labute approximate surface area is 240 Å². The van der Waals surface area contributed by atoms with Crippen molar-refractivity contribution in [1.82, 2.24) is 4.57 Å². The second-order valence-electron chi connectivity index (χ2n) is 9.81. The third-order valence-electron chi connectivity index (χ3n) is 6.92. The van der Waals surface area contributed by atoms with E-state index in [1.807, 2.05) is 49.3 Å². The minimum atomic E-state index is -1.17. The molecule has 10 heteroatoms. The Hall–Kier alpha value is -5.77. The number of carbonyl (C=O) groups excluding carboxylic acids is 1. The van der Waals surface area contributed by atoms with E-state index in [1.165, 1.54) is 47.0 Å². The van der Waals surface area contributed by atoms with E-state index < -0.39 is 23.4 Å². The minimum absolute atomic E-state index is 0.0363. The summed E-state index contributed by atoms with van der Waals surface area (Å²) in [5, 5.41) is 24.6. The number of fused-ring (bicyclic) bond motifs is 1. The number of rotatable bonds is 7. The zero-order chi connectivity index (χ0) is 30.1. The number of aromatic carboxylic acids is 2. The fourth-order valence-corrected chi connectivity index (χ4v) is 4.66. The van der Waals surface area contributed by atoms with Crippen LogP contribution in [0, 0.1) is 6.92 Å². The summed E-state index contributed by atoms with van der Waals surface area (Å²) in [6, 6.07) is 19.3. The maximum atomic E-state index is 14.0. The predicted octanol–water partition coefficient (Wildman–Crippen LogP) is 3.30. The lowest BCUT2D eigenvalue weighted by atomic mass is 10.1. The predicted molar refractivity (Wildman–Crippen MR) is 159 cm³/mol. The Balaban J connectivity index is 1.69. The summed E-state index contributed by atoms with van der Waals surface area (Å²) >= 11 is 0. The lowest BCUT2D eigenvalue weighted by molar-refractivity contribution is 0.0686. The van der Waals surface area contributed by atoms with Crippen LogP contribution in [0.4, 0.5) is 11.4 Å². The second-order valence-corrected chi connectivity index (χ2v) is 9.81. The monoisotopic (exact) mass is 562 g/mol. The molecule has 0 fully saturated rings. The Kier molecular flexibility index (Phi) is 7.28. The molecule has 2 N–H and O–H groups in total. The van der Waals surface area contributed by atoms with Crippen LogP contribution in [0.3, 0.4) is 0 Å². The van der Waals surface area contributed by atoms with Crippen LogP contribution in [0.5, 0.6) is 0 Å². The highest BCUT2D eigenvalue weighted by Crippen LogP contribution is 2.22. The molecule has 0 radical (unpaired) electrons. The number of hydrogen-bond acceptors (Lipinski definition) is 6. The van der Waals surface area contributed by atoms with Crippen molar-refractivity contribution in [2.24, 2.45) is 5.10 Å². The molecule has 1 aliphatic rings. The first-order chi connectivity index (χ1) is 20.1. The fourth-order valence-electron chi connectivity index (χ4n) is 4.66. The van der Waals surface area contributed by atoms with Crippen LogP contribution < -0.4 is 26.2 Å². The highest BCUT2D eigenvalue weighted by molar-refractivity contribution is 6.08. The van der Waals surface area contributed by atoms with E-state index in [1.54, 1.807) is 25.1 Å². The Bertz CT molecular complexity index is 1960. The number of carboxylic acid groups (broad SMARTS) is 2. The van der Waals surface area contributed by atoms with Gasteiger partial charge in [0, 0.05) is 25.0 Å². The Morgan fingerprint density at radius 3 is 2.14 bits per heavy atom. The van der Waals surface area contributed by atoms with Crippen LogP contribution in [0.2, 0.25) is 0 Å². The average molecular weight is 563 g/mol. The molecular formula is C32H26N4O6. The largest absolute Gasteiger partial charge is 0.478 e. The van der Waals surface area contributed by atoms with Crippen LogP contribution in [-0.2, 0) is 0 Å². The summed E-state index contributed by atoms with van der Waals surface area (Å²) < 4.78 is 1.23. The number of carboxylic acids is 2. The van der Waals surface area contributed by atoms with Crippen LogP contribution in [-0.4, -0.2) is 46.7 Å². The highest BCUT2D eigenvalue weighted by Gasteiger charge is 2.31. The van der Waals surface area contributed by atoms with Crippen molar-refractivity contribution in [2.75, 3.05) is 24.0 Å². The zero-order valence-electron chi connectivity index (χ0n) is 23.0. The van der Waals surface area contributed by atoms with Gasteiger partial charge in [-0.1, -0.05) is 30.4 Å². The van der Waals surface area contributed by atoms with Crippen LogP contribution in [0.25, 0.3) is 17.8 Å². The third-order valence-corrected chi connectivity index (χ3v) is 6.92. The van der Waals surface area contributed by atoms with Gasteiger partial charge < -0.3 is 15.1 Å². The lowest BCUT2D eigenvalue weighted by Gasteiger charge is -2.12. The number of nitrogens with zero attached hydrogens (tertiary/aromatic N) is 4. The van der Waals surface area contributed by atoms with Crippen LogP contribution in [0.1, 0.15) is 42.2 Å². The van der Waals surface area contributed by atoms with E-state index in [0.717, 1.165) is 16.3 Å². The molecule has 1 aromatic heterocycles. The molecule has 1 aliphatic heterocycles. The molecular weight excluding hydrogens is 536 g/mol. The standard InChI is InChI=1S/C32H26N4O6/c1-19-26(9-4-6-20-10-14-23(15-11-20)34(2)3)29(37)35(25-8-5-7-22(18-25)32(41)42)28-27(19)30(38)36(33-28)24-16-12-21(13-17-24)31(39)40/h4-18H,1-3H3,(H,39,40)(H,41,42)/b6-4-,26-9-. The molecule has 0 spiro atoms. The van der Waals surface area contributed by atoms with Crippen molar-refractivity contribution in [3.8, 4) is 5.69 Å².